The second-order valence-corrected chi connectivity index (χ2v) is 29.0. The van der Waals surface area contributed by atoms with E-state index in [-0.39, 0.29) is 0 Å². The zero-order chi connectivity index (χ0) is 88.3. The Morgan fingerprint density at radius 3 is 0.647 bits per heavy atom. The lowest BCUT2D eigenvalue weighted by molar-refractivity contribution is -0.381. The first-order valence-corrected chi connectivity index (χ1v) is 36.6. The van der Waals surface area contributed by atoms with Crippen molar-refractivity contribution in [3.05, 3.63) is 0 Å². The largest absolute Gasteiger partial charge is 0.479 e. The molecule has 119 heavy (non-hydrogen) atoms. The molecule has 9 saturated heterocycles. The number of ether oxygens (including phenoxy) is 17. The molecule has 9 aliphatic rings. The minimum Gasteiger partial charge on any atom is -0.479 e. The Morgan fingerprint density at radius 2 is 0.420 bits per heavy atom. The molecule has 29 N–H and O–H groups in total. The normalized spacial score (nSPS) is 46.5. The van der Waals surface area contributed by atoms with Gasteiger partial charge in [0.15, 0.2) is 81.0 Å². The second-order valence-electron chi connectivity index (χ2n) is 29.0. The summed E-state index contributed by atoms with van der Waals surface area (Å²) in [6.07, 6.45) is -92.5. The first-order valence-electron chi connectivity index (χ1n) is 36.6. The molecule has 0 spiro atoms. The number of amides is 5. The fourth-order valence-corrected chi connectivity index (χ4v) is 14.9. The number of carbonyl (C=O) groups is 9. The van der Waals surface area contributed by atoms with E-state index in [1.165, 1.54) is 0 Å². The molecule has 55 nitrogen and oxygen atoms in total. The maximum absolute atomic E-state index is 13.3. The monoisotopic (exact) mass is 1740 g/mol. The van der Waals surface area contributed by atoms with Crippen LogP contribution < -0.4 is 26.6 Å². The van der Waals surface area contributed by atoms with Gasteiger partial charge in [0.1, 0.15) is 195 Å². The smallest absolute Gasteiger partial charge is 0.335 e. The minimum atomic E-state index is -2.69. The number of carbonyl (C=O) groups excluding carboxylic acids is 5. The van der Waals surface area contributed by atoms with E-state index in [1.807, 2.05) is 0 Å². The van der Waals surface area contributed by atoms with Crippen molar-refractivity contribution < 1.29 is 246 Å². The van der Waals surface area contributed by atoms with Crippen LogP contribution in [-0.4, -0.2) is 485 Å². The van der Waals surface area contributed by atoms with E-state index in [0.29, 0.717) is 0 Å². The van der Waals surface area contributed by atoms with Crippen molar-refractivity contribution in [2.75, 3.05) is 33.0 Å². The van der Waals surface area contributed by atoms with Gasteiger partial charge in [0.25, 0.3) is 0 Å². The summed E-state index contributed by atoms with van der Waals surface area (Å²) in [5.74, 6) is -13.2. The topological polar surface area (TPSA) is 856 Å². The maximum Gasteiger partial charge on any atom is 0.335 e. The van der Waals surface area contributed by atoms with Crippen molar-refractivity contribution in [1.82, 2.24) is 26.6 Å². The van der Waals surface area contributed by atoms with E-state index in [4.69, 9.17) is 80.5 Å². The molecule has 0 aromatic heterocycles. The third-order valence-electron chi connectivity index (χ3n) is 20.6. The van der Waals surface area contributed by atoms with Gasteiger partial charge in [-0.05, 0) is 0 Å². The highest BCUT2D eigenvalue weighted by atomic mass is 16.8. The molecule has 9 heterocycles. The summed E-state index contributed by atoms with van der Waals surface area (Å²) < 4.78 is 96.5. The second kappa shape index (κ2) is 41.0. The maximum atomic E-state index is 13.3. The zero-order valence-electron chi connectivity index (χ0n) is 62.9. The van der Waals surface area contributed by atoms with Crippen LogP contribution >= 0.6 is 0 Å². The molecular formula is C64H99N5O50. The summed E-state index contributed by atoms with van der Waals surface area (Å²) in [6.45, 7) is -1.31. The number of carboxylic acid groups (broad SMARTS) is 4. The van der Waals surface area contributed by atoms with E-state index in [2.05, 4.69) is 26.6 Å². The molecule has 9 rings (SSSR count). The number of aliphatic carboxylic acids is 4. The first kappa shape index (κ1) is 96.6. The molecule has 0 bridgehead atoms. The van der Waals surface area contributed by atoms with Crippen molar-refractivity contribution >= 4 is 53.4 Å². The SMILES string of the molecule is CC(=O)N[C@@H]1[C@@H](O[C@@H]2O[C@H](C(=O)O)[C@@H](O[C@@H]3O[C@H](CO)[C@H](O)[C@H](O[C@@H]4O[C@H](C(=O)O)[C@@H](O[C@@H]5O[C@H](CO)[C@H](O)[C@H](O[C@@H]6O[C@H](C(=O)O)[C@@H](O[C@@H]7O[C@H](CO)[C@H](O)[C@H](O[C@@H]8O[C@H](C(=O)O)[C@@H](O[C@@H]9O[C@H](CO)[C@H](O)[C@H](O)[C@H]9NC(C)=O)[C@H](O)[C@H]8O)[C@H]7NC(C)=O)[C@H](O)[C@H]6O)[C@H]5NC(C)=O)[C@H](O)[C@H]4O)[C@H]3NC(C)=O)[C@H](O)[C@H]2O)[C@@H](O)[C@@H](CO)O[C@H]1O. The van der Waals surface area contributed by atoms with Gasteiger partial charge in [0.05, 0.1) is 33.0 Å². The molecule has 0 aliphatic carbocycles. The summed E-state index contributed by atoms with van der Waals surface area (Å²) in [5.41, 5.74) is 0. The van der Waals surface area contributed by atoms with E-state index >= 15 is 0 Å². The van der Waals surface area contributed by atoms with Crippen molar-refractivity contribution in [2.45, 2.75) is 311 Å². The van der Waals surface area contributed by atoms with Gasteiger partial charge in [0, 0.05) is 34.6 Å². The van der Waals surface area contributed by atoms with Gasteiger partial charge in [-0.15, -0.1) is 0 Å². The number of hydrogen-bond acceptors (Lipinski definition) is 46. The fourth-order valence-electron chi connectivity index (χ4n) is 14.9. The van der Waals surface area contributed by atoms with Crippen LogP contribution in [0.1, 0.15) is 34.6 Å². The highest BCUT2D eigenvalue weighted by molar-refractivity contribution is 5.77. The van der Waals surface area contributed by atoms with Crippen LogP contribution in [0.4, 0.5) is 0 Å². The van der Waals surface area contributed by atoms with Crippen LogP contribution in [0.2, 0.25) is 0 Å². The Labute approximate surface area is 668 Å². The summed E-state index contributed by atoms with van der Waals surface area (Å²) in [5, 5.41) is 276. The van der Waals surface area contributed by atoms with E-state index in [1.54, 1.807) is 0 Å². The van der Waals surface area contributed by atoms with Crippen LogP contribution in [0.5, 0.6) is 0 Å². The van der Waals surface area contributed by atoms with Crippen LogP contribution in [0.3, 0.4) is 0 Å². The van der Waals surface area contributed by atoms with Gasteiger partial charge in [-0.1, -0.05) is 0 Å². The van der Waals surface area contributed by atoms with Crippen LogP contribution in [0.25, 0.3) is 0 Å². The lowest BCUT2D eigenvalue weighted by Gasteiger charge is -2.51. The quantitative estimate of drug-likeness (QED) is 0.0318. The van der Waals surface area contributed by atoms with Gasteiger partial charge in [-0.25, -0.2) is 19.2 Å². The molecule has 5 amide bonds. The van der Waals surface area contributed by atoms with Gasteiger partial charge in [0.2, 0.25) is 29.5 Å². The lowest BCUT2D eigenvalue weighted by Crippen LogP contribution is -2.72. The summed E-state index contributed by atoms with van der Waals surface area (Å²) in [7, 11) is 0. The summed E-state index contributed by atoms with van der Waals surface area (Å²) >= 11 is 0. The molecule has 0 unspecified atom stereocenters. The summed E-state index contributed by atoms with van der Waals surface area (Å²) in [6, 6.07) is -9.87. The predicted molar refractivity (Wildman–Crippen MR) is 357 cm³/mol. The van der Waals surface area contributed by atoms with Crippen molar-refractivity contribution in [3.63, 3.8) is 0 Å². The first-order chi connectivity index (χ1) is 55.9. The highest BCUT2D eigenvalue weighted by Gasteiger charge is 2.63. The van der Waals surface area contributed by atoms with Crippen LogP contribution in [-0.2, 0) is 124 Å². The Balaban J connectivity index is 0.920. The molecule has 9 fully saturated rings. The highest BCUT2D eigenvalue weighted by Crippen LogP contribution is 2.41. The average molecular weight is 1740 g/mol. The van der Waals surface area contributed by atoms with E-state index in [9.17, 15) is 166 Å². The molecule has 0 aromatic carbocycles. The molecule has 9 aliphatic heterocycles. The Kier molecular flexibility index (Phi) is 33.3. The number of nitrogens with one attached hydrogen (secondary N) is 5. The standard InChI is InChI=1S/C64H99N5O50/c1-11(75)65-21-31(85)26(80)16(6-70)104-57(21)112-44-32(86)37(91)62(117-48(44)52(94)95)109-41-23(67-13(3)77)59(106-18(8-72)28(41)82)114-46-34(88)39(93)64(119-50(46)54(98)99)111-43-25(69-15(5)79)60(107-20(10-74)30(43)84)115-47-35(89)38(92)63(118-51(47)55(100)101)110-42-24(68-14(4)78)58(105-19(9-73)29(42)83)113-45-33(87)36(90)61(116-49(45)53(96)97)108-40-22(66-12(2)76)56(102)103-17(7-71)27(40)81/h16-51,56-64,70-74,80-93,102H,6-10H2,1-5H3,(H,65,75)(H,66,76)(H,67,77)(H,68,78)(H,69,79)(H,94,95)(H,96,97)(H,98,99)(H,100,101)/t16-,17-,18-,19-,20-,21-,22-,23-,24-,25-,26+,27+,28+,29+,30+,31-,32-,33-,34-,35-,36-,37-,38-,39-,40-,41-,42-,43-,44+,45+,46+,47+,48+,49+,50+,51+,56-,57+,58+,59+,60+,61-,62-,63-,64-/m1/s1. The fraction of sp³-hybridized carbons (Fsp3) is 0.859. The molecule has 0 aromatic rings. The molecule has 45 atom stereocenters. The van der Waals surface area contributed by atoms with Crippen molar-refractivity contribution in [2.24, 2.45) is 0 Å². The molecule has 55 heteroatoms. The number of rotatable bonds is 30. The Hall–Kier alpha value is -6.25. The number of aliphatic hydroxyl groups excluding tert-OH is 20. The van der Waals surface area contributed by atoms with Crippen molar-refractivity contribution in [1.29, 1.82) is 0 Å². The molecular weight excluding hydrogens is 1640 g/mol. The third kappa shape index (κ3) is 21.2. The Morgan fingerprint density at radius 1 is 0.227 bits per heavy atom. The molecule has 0 saturated carbocycles. The van der Waals surface area contributed by atoms with Gasteiger partial charge in [-0.3, -0.25) is 24.0 Å². The zero-order valence-corrected chi connectivity index (χ0v) is 62.9. The van der Waals surface area contributed by atoms with Gasteiger partial charge < -0.3 is 230 Å². The molecule has 680 valence electrons. The van der Waals surface area contributed by atoms with Gasteiger partial charge >= 0.3 is 23.9 Å². The Bertz CT molecular complexity index is 3460. The van der Waals surface area contributed by atoms with E-state index < -0.39 is 362 Å². The van der Waals surface area contributed by atoms with Crippen LogP contribution in [0, 0.1) is 0 Å². The predicted octanol–water partition coefficient (Wildman–Crippen LogP) is -19.5. The average Bonchev–Trinajstić information content (AvgIpc) is 0.764. The number of carboxylic acids is 4. The minimum absolute atomic E-state index is 0.814. The third-order valence-corrected chi connectivity index (χ3v) is 20.6. The lowest BCUT2D eigenvalue weighted by atomic mass is 9.93. The van der Waals surface area contributed by atoms with Crippen LogP contribution in [0.15, 0.2) is 0 Å². The summed E-state index contributed by atoms with van der Waals surface area (Å²) in [4.78, 5) is 116. The number of aliphatic hydroxyl groups is 20. The van der Waals surface area contributed by atoms with E-state index in [0.717, 1.165) is 34.6 Å². The van der Waals surface area contributed by atoms with Crippen molar-refractivity contribution in [3.8, 4) is 0 Å². The number of hydrogen-bond donors (Lipinski definition) is 29. The molecule has 0 radical (unpaired) electrons. The van der Waals surface area contributed by atoms with Gasteiger partial charge in [-0.2, -0.15) is 0 Å².